The number of nitrogens with zero attached hydrogens (tertiary/aromatic N) is 3. The zero-order valence-corrected chi connectivity index (χ0v) is 17.0. The lowest BCUT2D eigenvalue weighted by Crippen LogP contribution is -2.42. The third-order valence-corrected chi connectivity index (χ3v) is 6.70. The predicted molar refractivity (Wildman–Crippen MR) is 102 cm³/mol. The van der Waals surface area contributed by atoms with Crippen LogP contribution in [-0.2, 0) is 14.8 Å². The van der Waals surface area contributed by atoms with Gasteiger partial charge in [-0.15, -0.1) is 0 Å². The Morgan fingerprint density at radius 2 is 1.87 bits per heavy atom. The summed E-state index contributed by atoms with van der Waals surface area (Å²) in [7, 11) is -4.63. The first-order valence-electron chi connectivity index (χ1n) is 9.27. The van der Waals surface area contributed by atoms with E-state index in [-0.39, 0.29) is 9.20 Å². The lowest BCUT2D eigenvalue weighted by atomic mass is 10.1. The van der Waals surface area contributed by atoms with Crippen LogP contribution in [-0.4, -0.2) is 56.7 Å². The molecule has 0 aliphatic carbocycles. The highest BCUT2D eigenvalue weighted by Gasteiger charge is 2.49. The molecule has 1 aliphatic heterocycles. The van der Waals surface area contributed by atoms with Gasteiger partial charge in [-0.25, -0.2) is 12.8 Å². The lowest BCUT2D eigenvalue weighted by Gasteiger charge is -2.32. The van der Waals surface area contributed by atoms with Gasteiger partial charge in [0.1, 0.15) is 16.8 Å². The molecule has 0 bridgehead atoms. The second-order valence-corrected chi connectivity index (χ2v) is 8.54. The van der Waals surface area contributed by atoms with Gasteiger partial charge < -0.3 is 9.64 Å². The number of morpholine rings is 1. The molecule has 1 aromatic carbocycles. The van der Waals surface area contributed by atoms with Crippen molar-refractivity contribution >= 4 is 15.7 Å². The summed E-state index contributed by atoms with van der Waals surface area (Å²) >= 11 is 0. The summed E-state index contributed by atoms with van der Waals surface area (Å²) in [6.07, 6.45) is -2.59. The van der Waals surface area contributed by atoms with E-state index >= 15 is 0 Å². The van der Waals surface area contributed by atoms with Crippen LogP contribution >= 0.6 is 0 Å². The molecule has 164 valence electrons. The van der Waals surface area contributed by atoms with Gasteiger partial charge in [0, 0.05) is 31.4 Å². The molecule has 1 fully saturated rings. The molecule has 0 unspecified atom stereocenters. The van der Waals surface area contributed by atoms with Crippen molar-refractivity contribution in [3.63, 3.8) is 0 Å². The van der Waals surface area contributed by atoms with E-state index in [4.69, 9.17) is 4.74 Å². The number of anilines is 1. The molecular formula is C19H21F4N3O3S. The van der Waals surface area contributed by atoms with E-state index in [0.717, 1.165) is 18.3 Å². The number of hydrogen-bond donors (Lipinski definition) is 0. The Hall–Kier alpha value is -2.24. The molecule has 1 saturated heterocycles. The van der Waals surface area contributed by atoms with Crippen molar-refractivity contribution in [3.8, 4) is 0 Å². The van der Waals surface area contributed by atoms with E-state index < -0.39 is 40.2 Å². The molecule has 6 nitrogen and oxygen atoms in total. The Morgan fingerprint density at radius 1 is 1.20 bits per heavy atom. The number of pyridine rings is 1. The van der Waals surface area contributed by atoms with Crippen LogP contribution in [0.1, 0.15) is 18.5 Å². The Morgan fingerprint density at radius 3 is 2.47 bits per heavy atom. The summed E-state index contributed by atoms with van der Waals surface area (Å²) in [5.41, 5.74) is -0.294. The molecule has 2 heterocycles. The summed E-state index contributed by atoms with van der Waals surface area (Å²) < 4.78 is 87.9. The van der Waals surface area contributed by atoms with Gasteiger partial charge in [-0.3, -0.25) is 4.98 Å². The molecule has 30 heavy (non-hydrogen) atoms. The number of rotatable bonds is 6. The first kappa shape index (κ1) is 22.4. The second kappa shape index (κ2) is 8.86. The van der Waals surface area contributed by atoms with Crippen LogP contribution in [0, 0.1) is 5.82 Å². The average molecular weight is 447 g/mol. The van der Waals surface area contributed by atoms with Gasteiger partial charge in [0.25, 0.3) is 0 Å². The number of ether oxygens (including phenoxy) is 1. The zero-order chi connectivity index (χ0) is 21.9. The Bertz CT molecular complexity index is 979. The molecule has 0 N–H and O–H groups in total. The SMILES string of the molecule is CCN([C@@H](c1ccccc1F)C(F)(F)F)S(=O)(=O)c1cncc(N2CCOCC2)c1. The van der Waals surface area contributed by atoms with E-state index in [1.807, 2.05) is 4.90 Å². The minimum absolute atomic E-state index is 0.255. The molecular weight excluding hydrogens is 426 g/mol. The van der Waals surface area contributed by atoms with Crippen molar-refractivity contribution in [2.75, 3.05) is 37.7 Å². The Balaban J connectivity index is 2.05. The van der Waals surface area contributed by atoms with E-state index in [1.54, 1.807) is 0 Å². The van der Waals surface area contributed by atoms with Crippen LogP contribution in [0.3, 0.4) is 0 Å². The molecule has 0 spiro atoms. The third-order valence-electron chi connectivity index (χ3n) is 4.79. The molecule has 1 atom stereocenters. The number of hydrogen-bond acceptors (Lipinski definition) is 5. The Kier molecular flexibility index (Phi) is 6.63. The van der Waals surface area contributed by atoms with E-state index in [1.165, 1.54) is 31.3 Å². The van der Waals surface area contributed by atoms with Gasteiger partial charge >= 0.3 is 6.18 Å². The molecule has 3 rings (SSSR count). The number of aromatic nitrogens is 1. The summed E-state index contributed by atoms with van der Waals surface area (Å²) in [6.45, 7) is 2.66. The summed E-state index contributed by atoms with van der Waals surface area (Å²) in [4.78, 5) is 5.36. The normalized spacial score (nSPS) is 16.7. The molecule has 0 saturated carbocycles. The minimum atomic E-state index is -5.03. The predicted octanol–water partition coefficient (Wildman–Crippen LogP) is 3.37. The summed E-state index contributed by atoms with van der Waals surface area (Å²) in [5.74, 6) is -1.13. The van der Waals surface area contributed by atoms with Crippen LogP contribution in [0.4, 0.5) is 23.2 Å². The number of sulfonamides is 1. The minimum Gasteiger partial charge on any atom is -0.378 e. The van der Waals surface area contributed by atoms with Gasteiger partial charge in [0.2, 0.25) is 10.0 Å². The van der Waals surface area contributed by atoms with Gasteiger partial charge in [-0.05, 0) is 12.1 Å². The second-order valence-electron chi connectivity index (χ2n) is 6.65. The number of alkyl halides is 3. The van der Waals surface area contributed by atoms with Crippen LogP contribution in [0.5, 0.6) is 0 Å². The fourth-order valence-electron chi connectivity index (χ4n) is 3.36. The third kappa shape index (κ3) is 4.57. The lowest BCUT2D eigenvalue weighted by molar-refractivity contribution is -0.174. The highest BCUT2D eigenvalue weighted by Crippen LogP contribution is 2.41. The van der Waals surface area contributed by atoms with Gasteiger partial charge in [0.05, 0.1) is 25.1 Å². The van der Waals surface area contributed by atoms with E-state index in [2.05, 4.69) is 4.98 Å². The van der Waals surface area contributed by atoms with E-state index in [9.17, 15) is 26.0 Å². The smallest absolute Gasteiger partial charge is 0.378 e. The van der Waals surface area contributed by atoms with E-state index in [0.29, 0.717) is 32.0 Å². The molecule has 0 amide bonds. The quantitative estimate of drug-likeness (QED) is 0.636. The molecule has 11 heteroatoms. The first-order chi connectivity index (χ1) is 14.2. The number of benzene rings is 1. The molecule has 1 aliphatic rings. The van der Waals surface area contributed by atoms with Crippen LogP contribution in [0.25, 0.3) is 0 Å². The highest BCUT2D eigenvalue weighted by atomic mass is 32.2. The van der Waals surface area contributed by atoms with Crippen molar-refractivity contribution in [2.24, 2.45) is 0 Å². The van der Waals surface area contributed by atoms with Crippen molar-refractivity contribution in [2.45, 2.75) is 24.0 Å². The van der Waals surface area contributed by atoms with Crippen LogP contribution < -0.4 is 4.90 Å². The van der Waals surface area contributed by atoms with Crippen LogP contribution in [0.15, 0.2) is 47.6 Å². The van der Waals surface area contributed by atoms with Crippen molar-refractivity contribution in [1.29, 1.82) is 0 Å². The zero-order valence-electron chi connectivity index (χ0n) is 16.1. The van der Waals surface area contributed by atoms with Gasteiger partial charge in [0.15, 0.2) is 0 Å². The van der Waals surface area contributed by atoms with Crippen molar-refractivity contribution < 1.29 is 30.7 Å². The topological polar surface area (TPSA) is 62.7 Å². The van der Waals surface area contributed by atoms with Gasteiger partial charge in [-0.2, -0.15) is 17.5 Å². The molecule has 1 aromatic heterocycles. The van der Waals surface area contributed by atoms with Crippen molar-refractivity contribution in [1.82, 2.24) is 9.29 Å². The summed E-state index contributed by atoms with van der Waals surface area (Å²) in [6, 6.07) is 2.90. The Labute approximate surface area is 172 Å². The van der Waals surface area contributed by atoms with Gasteiger partial charge in [-0.1, -0.05) is 25.1 Å². The fraction of sp³-hybridized carbons (Fsp3) is 0.421. The van der Waals surface area contributed by atoms with Crippen LogP contribution in [0.2, 0.25) is 0 Å². The maximum Gasteiger partial charge on any atom is 0.409 e. The first-order valence-corrected chi connectivity index (χ1v) is 10.7. The maximum atomic E-state index is 14.2. The molecule has 2 aromatic rings. The summed E-state index contributed by atoms with van der Waals surface area (Å²) in [5, 5.41) is 0. The number of halogens is 4. The highest BCUT2D eigenvalue weighted by molar-refractivity contribution is 7.89. The standard InChI is InChI=1S/C19H21F4N3O3S/c1-2-26(18(19(21,22)23)16-5-3-4-6-17(16)20)30(27,28)15-11-14(12-24-13-15)25-7-9-29-10-8-25/h3-6,11-13,18H,2,7-10H2,1H3/t18-/m0/s1. The monoisotopic (exact) mass is 447 g/mol. The maximum absolute atomic E-state index is 14.2. The average Bonchev–Trinajstić information content (AvgIpc) is 2.72. The van der Waals surface area contributed by atoms with Crippen molar-refractivity contribution in [3.05, 3.63) is 54.1 Å². The molecule has 0 radical (unpaired) electrons. The largest absolute Gasteiger partial charge is 0.409 e. The fourth-order valence-corrected chi connectivity index (χ4v) is 4.95.